The molecule has 1 saturated heterocycles. The zero-order chi connectivity index (χ0) is 21.1. The molecule has 0 spiro atoms. The number of amides is 1. The van der Waals surface area contributed by atoms with Gasteiger partial charge in [-0.1, -0.05) is 24.3 Å². The monoisotopic (exact) mass is 410 g/mol. The van der Waals surface area contributed by atoms with E-state index in [0.29, 0.717) is 12.6 Å². The molecule has 1 aliphatic heterocycles. The van der Waals surface area contributed by atoms with E-state index in [9.17, 15) is 9.18 Å². The topological polar surface area (TPSA) is 61.6 Å². The summed E-state index contributed by atoms with van der Waals surface area (Å²) in [5, 5.41) is 3.07. The first-order valence-electron chi connectivity index (χ1n) is 10.3. The first kappa shape index (κ1) is 20.3. The summed E-state index contributed by atoms with van der Waals surface area (Å²) in [4.78, 5) is 21.4. The number of rotatable bonds is 6. The molecule has 158 valence electrons. The average molecular weight is 410 g/mol. The molecule has 1 aromatic heterocycles. The Labute approximate surface area is 175 Å². The highest BCUT2D eigenvalue weighted by molar-refractivity contribution is 5.79. The number of piperidine rings is 1. The number of hydrogen-bond acceptors (Lipinski definition) is 5. The largest absolute Gasteiger partial charge is 0.423 e. The maximum atomic E-state index is 13.6. The standard InChI is InChI=1S/C23H27FN4O2/c1-27(2)20(17-6-5-7-18(24)14-17)15-25-22(29)16-10-12-28(13-11-16)23-26-19-8-3-4-9-21(19)30-23/h3-9,14,16,20H,10-13,15H2,1-2H3,(H,25,29)/t20-/m1/s1. The van der Waals surface area contributed by atoms with Gasteiger partial charge in [-0.25, -0.2) is 4.39 Å². The summed E-state index contributed by atoms with van der Waals surface area (Å²) in [6.07, 6.45) is 1.49. The number of hydrogen-bond donors (Lipinski definition) is 1. The van der Waals surface area contributed by atoms with Gasteiger partial charge in [0.15, 0.2) is 5.58 Å². The summed E-state index contributed by atoms with van der Waals surface area (Å²) in [7, 11) is 3.86. The third-order valence-electron chi connectivity index (χ3n) is 5.75. The van der Waals surface area contributed by atoms with Crippen molar-refractivity contribution in [2.45, 2.75) is 18.9 Å². The van der Waals surface area contributed by atoms with Crippen molar-refractivity contribution in [2.75, 3.05) is 38.6 Å². The maximum Gasteiger partial charge on any atom is 0.298 e. The lowest BCUT2D eigenvalue weighted by Gasteiger charge is -2.31. The van der Waals surface area contributed by atoms with E-state index in [1.807, 2.05) is 49.3 Å². The van der Waals surface area contributed by atoms with Crippen LogP contribution in [-0.2, 0) is 4.79 Å². The summed E-state index contributed by atoms with van der Waals surface area (Å²) in [6, 6.07) is 14.8. The van der Waals surface area contributed by atoms with Crippen LogP contribution in [0.1, 0.15) is 24.4 Å². The Hall–Kier alpha value is -2.93. The van der Waals surface area contributed by atoms with Crippen molar-refractivity contribution in [3.63, 3.8) is 0 Å². The molecule has 2 heterocycles. The lowest BCUT2D eigenvalue weighted by atomic mass is 9.96. The lowest BCUT2D eigenvalue weighted by molar-refractivity contribution is -0.125. The minimum atomic E-state index is -0.266. The first-order chi connectivity index (χ1) is 14.5. The van der Waals surface area contributed by atoms with Crippen LogP contribution in [0.25, 0.3) is 11.1 Å². The fourth-order valence-electron chi connectivity index (χ4n) is 3.98. The van der Waals surface area contributed by atoms with Crippen molar-refractivity contribution in [2.24, 2.45) is 5.92 Å². The predicted octanol–water partition coefficient (Wildman–Crippen LogP) is 3.60. The predicted molar refractivity (Wildman–Crippen MR) is 115 cm³/mol. The van der Waals surface area contributed by atoms with E-state index < -0.39 is 0 Å². The van der Waals surface area contributed by atoms with Gasteiger partial charge in [-0.2, -0.15) is 4.98 Å². The molecule has 6 nitrogen and oxygen atoms in total. The quantitative estimate of drug-likeness (QED) is 0.673. The second-order valence-electron chi connectivity index (χ2n) is 8.01. The number of aromatic nitrogens is 1. The van der Waals surface area contributed by atoms with Crippen molar-refractivity contribution in [1.29, 1.82) is 0 Å². The maximum absolute atomic E-state index is 13.6. The van der Waals surface area contributed by atoms with Gasteiger partial charge in [0.25, 0.3) is 6.01 Å². The highest BCUT2D eigenvalue weighted by Gasteiger charge is 2.28. The minimum Gasteiger partial charge on any atom is -0.423 e. The molecule has 2 aromatic carbocycles. The molecule has 0 saturated carbocycles. The van der Waals surface area contributed by atoms with Gasteiger partial charge in [0, 0.05) is 25.6 Å². The highest BCUT2D eigenvalue weighted by atomic mass is 19.1. The van der Waals surface area contributed by atoms with E-state index in [0.717, 1.165) is 42.6 Å². The average Bonchev–Trinajstić information content (AvgIpc) is 3.18. The number of carbonyl (C=O) groups excluding carboxylic acids is 1. The van der Waals surface area contributed by atoms with Crippen molar-refractivity contribution >= 4 is 23.0 Å². The zero-order valence-electron chi connectivity index (χ0n) is 17.3. The summed E-state index contributed by atoms with van der Waals surface area (Å²) < 4.78 is 19.4. The molecule has 0 aliphatic carbocycles. The van der Waals surface area contributed by atoms with E-state index in [4.69, 9.17) is 4.42 Å². The Morgan fingerprint density at radius 2 is 2.00 bits per heavy atom. The molecule has 1 aliphatic rings. The smallest absolute Gasteiger partial charge is 0.298 e. The third-order valence-corrected chi connectivity index (χ3v) is 5.75. The fourth-order valence-corrected chi connectivity index (χ4v) is 3.98. The van der Waals surface area contributed by atoms with Crippen molar-refractivity contribution in [3.05, 3.63) is 59.9 Å². The molecular weight excluding hydrogens is 383 g/mol. The molecule has 0 unspecified atom stereocenters. The molecule has 0 radical (unpaired) electrons. The molecule has 3 aromatic rings. The van der Waals surface area contributed by atoms with Gasteiger partial charge in [-0.05, 0) is 56.8 Å². The number of anilines is 1. The van der Waals surface area contributed by atoms with Gasteiger partial charge in [-0.3, -0.25) is 4.79 Å². The highest BCUT2D eigenvalue weighted by Crippen LogP contribution is 2.26. The van der Waals surface area contributed by atoms with Crippen LogP contribution < -0.4 is 10.2 Å². The number of nitrogens with one attached hydrogen (secondary N) is 1. The van der Waals surface area contributed by atoms with Crippen LogP contribution in [0, 0.1) is 11.7 Å². The SMILES string of the molecule is CN(C)[C@H](CNC(=O)C1CCN(c2nc3ccccc3o2)CC1)c1cccc(F)c1. The molecule has 1 N–H and O–H groups in total. The molecule has 30 heavy (non-hydrogen) atoms. The number of likely N-dealkylation sites (N-methyl/N-ethyl adjacent to an activating group) is 1. The van der Waals surface area contributed by atoms with Crippen LogP contribution in [0.5, 0.6) is 0 Å². The minimum absolute atomic E-state index is 0.0408. The number of benzene rings is 2. The van der Waals surface area contributed by atoms with Gasteiger partial charge in [0.1, 0.15) is 11.3 Å². The molecule has 1 amide bonds. The third kappa shape index (κ3) is 4.46. The van der Waals surface area contributed by atoms with Gasteiger partial charge >= 0.3 is 0 Å². The van der Waals surface area contributed by atoms with Gasteiger partial charge in [0.05, 0.1) is 6.04 Å². The number of carbonyl (C=O) groups is 1. The number of oxazole rings is 1. The van der Waals surface area contributed by atoms with Gasteiger partial charge in [0.2, 0.25) is 5.91 Å². The van der Waals surface area contributed by atoms with E-state index in [1.165, 1.54) is 12.1 Å². The molecule has 1 fully saturated rings. The fraction of sp³-hybridized carbons (Fsp3) is 0.391. The summed E-state index contributed by atoms with van der Waals surface area (Å²) in [5.74, 6) is -0.256. The van der Waals surface area contributed by atoms with Crippen molar-refractivity contribution < 1.29 is 13.6 Å². The summed E-state index contributed by atoms with van der Waals surface area (Å²) >= 11 is 0. The first-order valence-corrected chi connectivity index (χ1v) is 10.3. The Balaban J connectivity index is 1.32. The van der Waals surface area contributed by atoms with E-state index in [1.54, 1.807) is 6.07 Å². The number of fused-ring (bicyclic) bond motifs is 1. The normalized spacial score (nSPS) is 16.2. The zero-order valence-corrected chi connectivity index (χ0v) is 17.3. The van der Waals surface area contributed by atoms with Crippen LogP contribution >= 0.6 is 0 Å². The second kappa shape index (κ2) is 8.83. The van der Waals surface area contributed by atoms with Crippen LogP contribution in [0.15, 0.2) is 52.9 Å². The number of para-hydroxylation sites is 2. The van der Waals surface area contributed by atoms with Gasteiger partial charge in [-0.15, -0.1) is 0 Å². The van der Waals surface area contributed by atoms with Crippen LogP contribution in [-0.4, -0.2) is 49.5 Å². The lowest BCUT2D eigenvalue weighted by Crippen LogP contribution is -2.42. The molecule has 4 rings (SSSR count). The molecule has 7 heteroatoms. The van der Waals surface area contributed by atoms with Crippen molar-refractivity contribution in [3.8, 4) is 0 Å². The van der Waals surface area contributed by atoms with E-state index in [2.05, 4.69) is 15.2 Å². The Kier molecular flexibility index (Phi) is 5.99. The summed E-state index contributed by atoms with van der Waals surface area (Å²) in [5.41, 5.74) is 2.48. The van der Waals surface area contributed by atoms with E-state index >= 15 is 0 Å². The van der Waals surface area contributed by atoms with Gasteiger partial charge < -0.3 is 19.5 Å². The number of nitrogens with zero attached hydrogens (tertiary/aromatic N) is 3. The van der Waals surface area contributed by atoms with Crippen LogP contribution in [0.4, 0.5) is 10.4 Å². The molecular formula is C23H27FN4O2. The molecule has 1 atom stereocenters. The summed E-state index contributed by atoms with van der Waals surface area (Å²) in [6.45, 7) is 1.90. The van der Waals surface area contributed by atoms with Crippen molar-refractivity contribution in [1.82, 2.24) is 15.2 Å². The van der Waals surface area contributed by atoms with Crippen LogP contribution in [0.3, 0.4) is 0 Å². The molecule has 0 bridgehead atoms. The second-order valence-corrected chi connectivity index (χ2v) is 8.01. The van der Waals surface area contributed by atoms with Crippen LogP contribution in [0.2, 0.25) is 0 Å². The Morgan fingerprint density at radius 3 is 2.70 bits per heavy atom. The Morgan fingerprint density at radius 1 is 1.23 bits per heavy atom. The number of halogens is 1. The Bertz CT molecular complexity index is 978. The van der Waals surface area contributed by atoms with E-state index in [-0.39, 0.29) is 23.7 Å².